The van der Waals surface area contributed by atoms with E-state index in [0.29, 0.717) is 0 Å². The fourth-order valence-electron chi connectivity index (χ4n) is 2.42. The van der Waals surface area contributed by atoms with Gasteiger partial charge in [0.1, 0.15) is 0 Å². The molecule has 1 aliphatic carbocycles. The lowest BCUT2D eigenvalue weighted by Gasteiger charge is -2.25. The average Bonchev–Trinajstić information content (AvgIpc) is 2.56. The van der Waals surface area contributed by atoms with Gasteiger partial charge in [0, 0.05) is 11.1 Å². The summed E-state index contributed by atoms with van der Waals surface area (Å²) in [6.07, 6.45) is 9.59. The Hall–Kier alpha value is -2.30. The van der Waals surface area contributed by atoms with Crippen molar-refractivity contribution in [3.8, 4) is 12.3 Å². The average molecular weight is 232 g/mol. The Morgan fingerprint density at radius 1 is 0.833 bits per heavy atom. The SMILES string of the molecule is C#CC1(O)c2ccccc2C=Cc2ccccc21. The molecule has 0 atom stereocenters. The molecule has 0 aliphatic heterocycles. The van der Waals surface area contributed by atoms with Gasteiger partial charge in [0.25, 0.3) is 0 Å². The Bertz CT molecular complexity index is 625. The number of fused-ring (bicyclic) bond motifs is 2. The van der Waals surface area contributed by atoms with Crippen molar-refractivity contribution >= 4 is 12.2 Å². The Morgan fingerprint density at radius 2 is 1.28 bits per heavy atom. The molecule has 0 aromatic heterocycles. The largest absolute Gasteiger partial charge is 0.369 e. The van der Waals surface area contributed by atoms with E-state index in [1.807, 2.05) is 60.7 Å². The quantitative estimate of drug-likeness (QED) is 0.692. The number of hydrogen-bond donors (Lipinski definition) is 1. The van der Waals surface area contributed by atoms with Crippen molar-refractivity contribution in [1.29, 1.82) is 0 Å². The summed E-state index contributed by atoms with van der Waals surface area (Å²) < 4.78 is 0. The number of rotatable bonds is 0. The van der Waals surface area contributed by atoms with Crippen LogP contribution in [-0.4, -0.2) is 5.11 Å². The van der Waals surface area contributed by atoms with Gasteiger partial charge in [0.15, 0.2) is 5.60 Å². The summed E-state index contributed by atoms with van der Waals surface area (Å²) in [6, 6.07) is 15.3. The van der Waals surface area contributed by atoms with Crippen molar-refractivity contribution in [1.82, 2.24) is 0 Å². The van der Waals surface area contributed by atoms with Crippen molar-refractivity contribution in [2.45, 2.75) is 5.60 Å². The molecule has 18 heavy (non-hydrogen) atoms. The first kappa shape index (κ1) is 10.8. The molecule has 1 nitrogen and oxygen atoms in total. The Kier molecular flexibility index (Phi) is 2.33. The van der Waals surface area contributed by atoms with Crippen molar-refractivity contribution in [2.75, 3.05) is 0 Å². The number of hydrogen-bond acceptors (Lipinski definition) is 1. The smallest absolute Gasteiger partial charge is 0.177 e. The number of terminal acetylenes is 1. The lowest BCUT2D eigenvalue weighted by molar-refractivity contribution is 0.145. The van der Waals surface area contributed by atoms with Gasteiger partial charge in [-0.05, 0) is 11.1 Å². The molecule has 0 saturated carbocycles. The fraction of sp³-hybridized carbons (Fsp3) is 0.0588. The van der Waals surface area contributed by atoms with Crippen LogP contribution >= 0.6 is 0 Å². The van der Waals surface area contributed by atoms with Crippen molar-refractivity contribution < 1.29 is 5.11 Å². The van der Waals surface area contributed by atoms with Gasteiger partial charge in [-0.25, -0.2) is 0 Å². The Morgan fingerprint density at radius 3 is 1.72 bits per heavy atom. The summed E-state index contributed by atoms with van der Waals surface area (Å²) >= 11 is 0. The zero-order valence-corrected chi connectivity index (χ0v) is 9.80. The molecule has 86 valence electrons. The second-order valence-electron chi connectivity index (χ2n) is 4.36. The van der Waals surface area contributed by atoms with E-state index < -0.39 is 5.60 Å². The monoisotopic (exact) mass is 232 g/mol. The van der Waals surface area contributed by atoms with Crippen LogP contribution in [0.1, 0.15) is 22.3 Å². The van der Waals surface area contributed by atoms with Crippen LogP contribution in [0.2, 0.25) is 0 Å². The van der Waals surface area contributed by atoms with Gasteiger partial charge >= 0.3 is 0 Å². The predicted octanol–water partition coefficient (Wildman–Crippen LogP) is 3.04. The molecule has 2 aromatic carbocycles. The highest BCUT2D eigenvalue weighted by atomic mass is 16.3. The highest BCUT2D eigenvalue weighted by molar-refractivity contribution is 5.78. The van der Waals surface area contributed by atoms with Gasteiger partial charge in [0.05, 0.1) is 0 Å². The molecule has 2 aromatic rings. The molecule has 1 aliphatic rings. The van der Waals surface area contributed by atoms with E-state index in [-0.39, 0.29) is 0 Å². The molecule has 1 N–H and O–H groups in total. The van der Waals surface area contributed by atoms with Gasteiger partial charge in [-0.3, -0.25) is 0 Å². The normalized spacial score (nSPS) is 15.1. The first-order chi connectivity index (χ1) is 8.75. The molecule has 0 spiro atoms. The molecule has 0 saturated heterocycles. The van der Waals surface area contributed by atoms with E-state index in [4.69, 9.17) is 6.42 Å². The van der Waals surface area contributed by atoms with Crippen LogP contribution in [-0.2, 0) is 5.60 Å². The summed E-state index contributed by atoms with van der Waals surface area (Å²) in [4.78, 5) is 0. The Balaban J connectivity index is 2.40. The minimum Gasteiger partial charge on any atom is -0.369 e. The first-order valence-electron chi connectivity index (χ1n) is 5.83. The highest BCUT2D eigenvalue weighted by Crippen LogP contribution is 2.37. The van der Waals surface area contributed by atoms with E-state index >= 15 is 0 Å². The summed E-state index contributed by atoms with van der Waals surface area (Å²) in [7, 11) is 0. The van der Waals surface area contributed by atoms with E-state index in [1.165, 1.54) is 0 Å². The molecule has 0 radical (unpaired) electrons. The van der Waals surface area contributed by atoms with Crippen molar-refractivity contribution in [3.05, 3.63) is 70.8 Å². The zero-order valence-electron chi connectivity index (χ0n) is 9.80. The van der Waals surface area contributed by atoms with Gasteiger partial charge in [-0.2, -0.15) is 0 Å². The first-order valence-corrected chi connectivity index (χ1v) is 5.83. The summed E-state index contributed by atoms with van der Waals surface area (Å²) in [5.41, 5.74) is 2.06. The van der Waals surface area contributed by atoms with Crippen LogP contribution in [0.5, 0.6) is 0 Å². The fourth-order valence-corrected chi connectivity index (χ4v) is 2.42. The van der Waals surface area contributed by atoms with E-state index in [2.05, 4.69) is 5.92 Å². The zero-order chi connectivity index (χ0) is 12.6. The predicted molar refractivity (Wildman–Crippen MR) is 73.6 cm³/mol. The van der Waals surface area contributed by atoms with Gasteiger partial charge < -0.3 is 5.11 Å². The maximum atomic E-state index is 10.9. The van der Waals surface area contributed by atoms with Crippen LogP contribution in [0.3, 0.4) is 0 Å². The molecule has 0 unspecified atom stereocenters. The summed E-state index contributed by atoms with van der Waals surface area (Å²) in [6.45, 7) is 0. The summed E-state index contributed by atoms with van der Waals surface area (Å²) in [5, 5.41) is 10.9. The minimum absolute atomic E-state index is 0.758. The molecule has 1 heteroatoms. The highest BCUT2D eigenvalue weighted by Gasteiger charge is 2.33. The molecule has 0 fully saturated rings. The molecular formula is C17H12O. The third-order valence-electron chi connectivity index (χ3n) is 3.35. The second-order valence-corrected chi connectivity index (χ2v) is 4.36. The number of aliphatic hydroxyl groups is 1. The topological polar surface area (TPSA) is 20.2 Å². The van der Waals surface area contributed by atoms with Gasteiger partial charge in [0.2, 0.25) is 0 Å². The lowest BCUT2D eigenvalue weighted by Crippen LogP contribution is -2.26. The summed E-state index contributed by atoms with van der Waals surface area (Å²) in [5.74, 6) is 2.55. The number of benzene rings is 2. The van der Waals surface area contributed by atoms with Crippen LogP contribution in [0.25, 0.3) is 12.2 Å². The minimum atomic E-state index is -1.36. The maximum absolute atomic E-state index is 10.9. The maximum Gasteiger partial charge on any atom is 0.177 e. The van der Waals surface area contributed by atoms with Crippen molar-refractivity contribution in [2.24, 2.45) is 0 Å². The third kappa shape index (κ3) is 1.40. The van der Waals surface area contributed by atoms with Gasteiger partial charge in [-0.1, -0.05) is 66.6 Å². The second kappa shape index (κ2) is 3.87. The molecule has 0 amide bonds. The third-order valence-corrected chi connectivity index (χ3v) is 3.35. The van der Waals surface area contributed by atoms with Crippen LogP contribution in [0.4, 0.5) is 0 Å². The Labute approximate surface area is 106 Å². The van der Waals surface area contributed by atoms with Crippen molar-refractivity contribution in [3.63, 3.8) is 0 Å². The van der Waals surface area contributed by atoms with Crippen LogP contribution < -0.4 is 0 Å². The lowest BCUT2D eigenvalue weighted by atomic mass is 9.84. The molecule has 0 heterocycles. The standard InChI is InChI=1S/C17H12O/c1-2-17(18)15-9-5-3-7-13(15)11-12-14-8-4-6-10-16(14)17/h1,3-12,18H. The molecular weight excluding hydrogens is 220 g/mol. The molecule has 3 rings (SSSR count). The van der Waals surface area contributed by atoms with E-state index in [1.54, 1.807) is 0 Å². The van der Waals surface area contributed by atoms with Crippen LogP contribution in [0.15, 0.2) is 48.5 Å². The van der Waals surface area contributed by atoms with Crippen LogP contribution in [0, 0.1) is 12.3 Å². The van der Waals surface area contributed by atoms with Gasteiger partial charge in [-0.15, -0.1) is 6.42 Å². The van der Waals surface area contributed by atoms with E-state index in [9.17, 15) is 5.11 Å². The van der Waals surface area contributed by atoms with E-state index in [0.717, 1.165) is 22.3 Å². The molecule has 0 bridgehead atoms.